The van der Waals surface area contributed by atoms with E-state index in [9.17, 15) is 19.2 Å². The molecule has 0 spiro atoms. The second kappa shape index (κ2) is 6.46. The molecule has 0 N–H and O–H groups in total. The lowest BCUT2D eigenvalue weighted by Crippen LogP contribution is -2.42. The van der Waals surface area contributed by atoms with Crippen LogP contribution in [-0.2, 0) is 19.1 Å². The number of hydrazone groups is 1. The van der Waals surface area contributed by atoms with Crippen molar-refractivity contribution in [1.29, 1.82) is 0 Å². The molecule has 0 unspecified atom stereocenters. The first-order valence-electron chi connectivity index (χ1n) is 8.00. The highest BCUT2D eigenvalue weighted by Gasteiger charge is 2.59. The Morgan fingerprint density at radius 3 is 2.40 bits per heavy atom. The fourth-order valence-corrected chi connectivity index (χ4v) is 3.04. The first-order valence-corrected chi connectivity index (χ1v) is 8.00. The van der Waals surface area contributed by atoms with Crippen LogP contribution in [-0.4, -0.2) is 58.5 Å². The van der Waals surface area contributed by atoms with Gasteiger partial charge in [0.05, 0.1) is 6.61 Å². The third-order valence-corrected chi connectivity index (χ3v) is 4.17. The quantitative estimate of drug-likeness (QED) is 0.584. The van der Waals surface area contributed by atoms with E-state index in [1.165, 1.54) is 0 Å². The predicted molar refractivity (Wildman–Crippen MR) is 86.4 cm³/mol. The molecule has 2 atom stereocenters. The average molecular weight is 343 g/mol. The van der Waals surface area contributed by atoms with Gasteiger partial charge in [-0.2, -0.15) is 5.10 Å². The SMILES string of the molecule is CCOC(=O)C1=NN(C(=O)c2ccccc2)[C@@H]2C(=O)N(CC)C(=O)[C@@H]12. The molecule has 25 heavy (non-hydrogen) atoms. The van der Waals surface area contributed by atoms with Crippen LogP contribution in [0.25, 0.3) is 0 Å². The summed E-state index contributed by atoms with van der Waals surface area (Å²) in [6.07, 6.45) is 0. The largest absolute Gasteiger partial charge is 0.461 e. The maximum absolute atomic E-state index is 12.7. The van der Waals surface area contributed by atoms with Crippen molar-refractivity contribution in [1.82, 2.24) is 9.91 Å². The second-order valence-electron chi connectivity index (χ2n) is 5.56. The van der Waals surface area contributed by atoms with Gasteiger partial charge in [-0.15, -0.1) is 0 Å². The van der Waals surface area contributed by atoms with E-state index in [1.807, 2.05) is 0 Å². The molecule has 2 heterocycles. The zero-order chi connectivity index (χ0) is 18.1. The molecular weight excluding hydrogens is 326 g/mol. The summed E-state index contributed by atoms with van der Waals surface area (Å²) in [7, 11) is 0. The van der Waals surface area contributed by atoms with Gasteiger partial charge in [0, 0.05) is 12.1 Å². The van der Waals surface area contributed by atoms with Crippen LogP contribution in [0.3, 0.4) is 0 Å². The molecule has 0 aliphatic carbocycles. The Labute approximate surface area is 144 Å². The van der Waals surface area contributed by atoms with Crippen molar-refractivity contribution in [2.75, 3.05) is 13.2 Å². The number of hydrogen-bond donors (Lipinski definition) is 0. The second-order valence-corrected chi connectivity index (χ2v) is 5.56. The van der Waals surface area contributed by atoms with Gasteiger partial charge < -0.3 is 4.74 Å². The number of benzene rings is 1. The van der Waals surface area contributed by atoms with Gasteiger partial charge in [-0.3, -0.25) is 19.3 Å². The van der Waals surface area contributed by atoms with Gasteiger partial charge in [-0.25, -0.2) is 9.80 Å². The summed E-state index contributed by atoms with van der Waals surface area (Å²) in [5.74, 6) is -3.52. The predicted octanol–water partition coefficient (Wildman–Crippen LogP) is 0.435. The minimum absolute atomic E-state index is 0.0987. The van der Waals surface area contributed by atoms with Gasteiger partial charge in [0.1, 0.15) is 5.92 Å². The van der Waals surface area contributed by atoms with Crippen molar-refractivity contribution < 1.29 is 23.9 Å². The molecule has 0 bridgehead atoms. The highest BCUT2D eigenvalue weighted by Crippen LogP contribution is 2.33. The summed E-state index contributed by atoms with van der Waals surface area (Å²) < 4.78 is 4.93. The van der Waals surface area contributed by atoms with Crippen LogP contribution in [0.4, 0.5) is 0 Å². The molecule has 1 aromatic rings. The van der Waals surface area contributed by atoms with E-state index >= 15 is 0 Å². The van der Waals surface area contributed by atoms with Gasteiger partial charge in [0.25, 0.3) is 11.8 Å². The van der Waals surface area contributed by atoms with E-state index in [2.05, 4.69) is 5.10 Å². The highest BCUT2D eigenvalue weighted by atomic mass is 16.5. The highest BCUT2D eigenvalue weighted by molar-refractivity contribution is 6.44. The van der Waals surface area contributed by atoms with Crippen LogP contribution in [0.5, 0.6) is 0 Å². The minimum Gasteiger partial charge on any atom is -0.461 e. The Morgan fingerprint density at radius 2 is 1.80 bits per heavy atom. The molecule has 2 aliphatic rings. The van der Waals surface area contributed by atoms with Crippen molar-refractivity contribution in [3.05, 3.63) is 35.9 Å². The van der Waals surface area contributed by atoms with Crippen LogP contribution in [0.1, 0.15) is 24.2 Å². The Morgan fingerprint density at radius 1 is 1.12 bits per heavy atom. The maximum Gasteiger partial charge on any atom is 0.355 e. The molecule has 130 valence electrons. The number of esters is 1. The van der Waals surface area contributed by atoms with E-state index in [0.717, 1.165) is 9.91 Å². The lowest BCUT2D eigenvalue weighted by Gasteiger charge is -2.19. The summed E-state index contributed by atoms with van der Waals surface area (Å²) in [5.41, 5.74) is 0.107. The van der Waals surface area contributed by atoms with Gasteiger partial charge in [-0.05, 0) is 26.0 Å². The third-order valence-electron chi connectivity index (χ3n) is 4.17. The number of likely N-dealkylation sites (N-methyl/N-ethyl adjacent to an activating group) is 1. The fraction of sp³-hybridized carbons (Fsp3) is 0.353. The topological polar surface area (TPSA) is 96.3 Å². The summed E-state index contributed by atoms with van der Waals surface area (Å²) in [6.45, 7) is 3.54. The van der Waals surface area contributed by atoms with Crippen molar-refractivity contribution in [2.24, 2.45) is 11.0 Å². The molecule has 8 heteroatoms. The molecular formula is C17H17N3O5. The van der Waals surface area contributed by atoms with Crippen molar-refractivity contribution >= 4 is 29.4 Å². The smallest absolute Gasteiger partial charge is 0.355 e. The fourth-order valence-electron chi connectivity index (χ4n) is 3.04. The van der Waals surface area contributed by atoms with Crippen molar-refractivity contribution in [3.63, 3.8) is 0 Å². The Balaban J connectivity index is 2.03. The number of carbonyl (C=O) groups excluding carboxylic acids is 4. The first-order chi connectivity index (χ1) is 12.0. The Hall–Kier alpha value is -3.03. The van der Waals surface area contributed by atoms with Gasteiger partial charge in [0.15, 0.2) is 11.8 Å². The van der Waals surface area contributed by atoms with E-state index in [-0.39, 0.29) is 18.9 Å². The van der Waals surface area contributed by atoms with E-state index in [4.69, 9.17) is 4.74 Å². The molecule has 0 saturated carbocycles. The molecule has 1 fully saturated rings. The number of carbonyl (C=O) groups is 4. The van der Waals surface area contributed by atoms with Crippen LogP contribution >= 0.6 is 0 Å². The number of imide groups is 1. The summed E-state index contributed by atoms with van der Waals surface area (Å²) in [4.78, 5) is 51.1. The van der Waals surface area contributed by atoms with Crippen molar-refractivity contribution in [2.45, 2.75) is 19.9 Å². The maximum atomic E-state index is 12.7. The molecule has 1 saturated heterocycles. The van der Waals surface area contributed by atoms with Gasteiger partial charge >= 0.3 is 5.97 Å². The molecule has 8 nitrogen and oxygen atoms in total. The standard InChI is InChI=1S/C17H17N3O5/c1-3-19-15(22)11-12(17(24)25-4-2)18-20(13(11)16(19)23)14(21)10-8-6-5-7-9-10/h5-9,11,13H,3-4H2,1-2H3/t11-,13-/m0/s1. The summed E-state index contributed by atoms with van der Waals surface area (Å²) in [5, 5.41) is 4.93. The average Bonchev–Trinajstić information content (AvgIpc) is 3.13. The number of amides is 3. The van der Waals surface area contributed by atoms with Gasteiger partial charge in [-0.1, -0.05) is 18.2 Å². The van der Waals surface area contributed by atoms with Crippen LogP contribution in [0.15, 0.2) is 35.4 Å². The van der Waals surface area contributed by atoms with E-state index in [0.29, 0.717) is 5.56 Å². The summed E-state index contributed by atoms with van der Waals surface area (Å²) in [6, 6.07) is 7.12. The molecule has 3 amide bonds. The third kappa shape index (κ3) is 2.59. The van der Waals surface area contributed by atoms with E-state index < -0.39 is 35.7 Å². The number of likely N-dealkylation sites (tertiary alicyclic amines) is 1. The zero-order valence-corrected chi connectivity index (χ0v) is 13.8. The molecule has 0 radical (unpaired) electrons. The van der Waals surface area contributed by atoms with Crippen LogP contribution < -0.4 is 0 Å². The number of fused-ring (bicyclic) bond motifs is 1. The monoisotopic (exact) mass is 343 g/mol. The van der Waals surface area contributed by atoms with Gasteiger partial charge in [0.2, 0.25) is 5.91 Å². The minimum atomic E-state index is -1.14. The normalized spacial score (nSPS) is 22.1. The molecule has 3 rings (SSSR count). The lowest BCUT2D eigenvalue weighted by molar-refractivity contribution is -0.141. The number of nitrogens with zero attached hydrogens (tertiary/aromatic N) is 3. The first kappa shape index (κ1) is 16.8. The number of ether oxygens (including phenoxy) is 1. The molecule has 2 aliphatic heterocycles. The Kier molecular flexibility index (Phi) is 4.35. The molecule has 0 aromatic heterocycles. The van der Waals surface area contributed by atoms with E-state index in [1.54, 1.807) is 44.2 Å². The number of hydrogen-bond acceptors (Lipinski definition) is 6. The number of rotatable bonds is 4. The molecule has 1 aromatic carbocycles. The van der Waals surface area contributed by atoms with Crippen molar-refractivity contribution in [3.8, 4) is 0 Å². The van der Waals surface area contributed by atoms with Crippen LogP contribution in [0, 0.1) is 5.92 Å². The lowest BCUT2D eigenvalue weighted by atomic mass is 9.97. The van der Waals surface area contributed by atoms with Crippen LogP contribution in [0.2, 0.25) is 0 Å². The Bertz CT molecular complexity index is 774. The summed E-state index contributed by atoms with van der Waals surface area (Å²) >= 11 is 0. The zero-order valence-electron chi connectivity index (χ0n) is 13.8.